The molecule has 0 spiro atoms. The van der Waals surface area contributed by atoms with Gasteiger partial charge in [0, 0.05) is 16.1 Å². The summed E-state index contributed by atoms with van der Waals surface area (Å²) in [5.74, 6) is 0.464. The lowest BCUT2D eigenvalue weighted by molar-refractivity contribution is 0.0980. The lowest BCUT2D eigenvalue weighted by atomic mass is 10.2. The predicted octanol–water partition coefficient (Wildman–Crippen LogP) is 4.11. The monoisotopic (exact) mass is 368 g/mol. The van der Waals surface area contributed by atoms with Crippen molar-refractivity contribution in [2.45, 2.75) is 31.7 Å². The fourth-order valence-electron chi connectivity index (χ4n) is 2.77. The molecule has 1 aliphatic rings. The van der Waals surface area contributed by atoms with Crippen LogP contribution in [0.15, 0.2) is 18.2 Å². The van der Waals surface area contributed by atoms with Gasteiger partial charge in [0.2, 0.25) is 0 Å². The predicted molar refractivity (Wildman–Crippen MR) is 98.8 cm³/mol. The number of thiophene rings is 1. The molecule has 0 unspecified atom stereocenters. The van der Waals surface area contributed by atoms with Gasteiger partial charge in [-0.05, 0) is 43.3 Å². The fraction of sp³-hybridized carbons (Fsp3) is 0.375. The quantitative estimate of drug-likeness (QED) is 0.800. The molecule has 1 saturated carbocycles. The van der Waals surface area contributed by atoms with Gasteiger partial charge in [0.25, 0.3) is 5.91 Å². The maximum Gasteiger partial charge on any atom is 0.269 e. The van der Waals surface area contributed by atoms with Gasteiger partial charge < -0.3 is 10.1 Å². The van der Waals surface area contributed by atoms with Crippen LogP contribution in [-0.2, 0) is 0 Å². The SMILES string of the molecule is COc1ccc2c(Cl)c(C(=O)NC(=S)NC3CCCC3)sc2c1. The summed E-state index contributed by atoms with van der Waals surface area (Å²) in [6, 6.07) is 5.93. The van der Waals surface area contributed by atoms with Gasteiger partial charge >= 0.3 is 0 Å². The van der Waals surface area contributed by atoms with Crippen LogP contribution in [0.3, 0.4) is 0 Å². The van der Waals surface area contributed by atoms with Crippen LogP contribution in [0.5, 0.6) is 5.75 Å². The van der Waals surface area contributed by atoms with E-state index in [2.05, 4.69) is 10.6 Å². The van der Waals surface area contributed by atoms with Gasteiger partial charge in [-0.2, -0.15) is 0 Å². The van der Waals surface area contributed by atoms with E-state index in [9.17, 15) is 4.79 Å². The molecule has 2 N–H and O–H groups in total. The first-order valence-electron chi connectivity index (χ1n) is 7.46. The lowest BCUT2D eigenvalue weighted by Crippen LogP contribution is -2.43. The van der Waals surface area contributed by atoms with Crippen molar-refractivity contribution in [1.82, 2.24) is 10.6 Å². The minimum Gasteiger partial charge on any atom is -0.497 e. The molecule has 2 aromatic rings. The summed E-state index contributed by atoms with van der Waals surface area (Å²) in [5, 5.41) is 7.59. The van der Waals surface area contributed by atoms with Crippen LogP contribution in [0.1, 0.15) is 35.4 Å². The van der Waals surface area contributed by atoms with Crippen LogP contribution in [0.2, 0.25) is 5.02 Å². The number of hydrogen-bond acceptors (Lipinski definition) is 4. The van der Waals surface area contributed by atoms with Crippen molar-refractivity contribution >= 4 is 56.3 Å². The maximum atomic E-state index is 12.4. The van der Waals surface area contributed by atoms with Crippen molar-refractivity contribution < 1.29 is 9.53 Å². The topological polar surface area (TPSA) is 50.4 Å². The van der Waals surface area contributed by atoms with Gasteiger partial charge in [0.1, 0.15) is 10.6 Å². The summed E-state index contributed by atoms with van der Waals surface area (Å²) in [6.45, 7) is 0. The third-order valence-corrected chi connectivity index (χ3v) is 5.84. The number of ether oxygens (including phenoxy) is 1. The molecule has 0 aliphatic heterocycles. The van der Waals surface area contributed by atoms with Crippen molar-refractivity contribution in [3.8, 4) is 5.75 Å². The van der Waals surface area contributed by atoms with E-state index in [1.54, 1.807) is 7.11 Å². The smallest absolute Gasteiger partial charge is 0.269 e. The van der Waals surface area contributed by atoms with E-state index >= 15 is 0 Å². The Balaban J connectivity index is 1.74. The molecule has 1 aromatic carbocycles. The van der Waals surface area contributed by atoms with Crippen LogP contribution in [0.4, 0.5) is 0 Å². The molecular formula is C16H17ClN2O2S2. The number of carbonyl (C=O) groups is 1. The van der Waals surface area contributed by atoms with Gasteiger partial charge in [-0.15, -0.1) is 11.3 Å². The molecule has 4 nitrogen and oxygen atoms in total. The second-order valence-electron chi connectivity index (χ2n) is 5.52. The zero-order valence-electron chi connectivity index (χ0n) is 12.6. The Bertz CT molecular complexity index is 754. The van der Waals surface area contributed by atoms with Crippen molar-refractivity contribution in [2.75, 3.05) is 7.11 Å². The zero-order chi connectivity index (χ0) is 16.4. The molecule has 1 aliphatic carbocycles. The number of benzene rings is 1. The van der Waals surface area contributed by atoms with Crippen LogP contribution in [0, 0.1) is 0 Å². The number of methoxy groups -OCH3 is 1. The van der Waals surface area contributed by atoms with E-state index in [1.807, 2.05) is 18.2 Å². The molecule has 1 heterocycles. The number of rotatable bonds is 3. The van der Waals surface area contributed by atoms with Gasteiger partial charge in [0.15, 0.2) is 5.11 Å². The first-order valence-corrected chi connectivity index (χ1v) is 9.06. The standard InChI is InChI=1S/C16H17ClN2O2S2/c1-21-10-6-7-11-12(8-10)23-14(13(11)17)15(20)19-16(22)18-9-4-2-3-5-9/h6-9H,2-5H2,1H3,(H2,18,19,20,22). The molecule has 0 atom stereocenters. The highest BCUT2D eigenvalue weighted by atomic mass is 35.5. The number of carbonyl (C=O) groups excluding carboxylic acids is 1. The largest absolute Gasteiger partial charge is 0.497 e. The minimum atomic E-state index is -0.273. The van der Waals surface area contributed by atoms with Gasteiger partial charge in [-0.25, -0.2) is 0 Å². The Kier molecular flexibility index (Phi) is 5.04. The third kappa shape index (κ3) is 3.59. The summed E-state index contributed by atoms with van der Waals surface area (Å²) in [6.07, 6.45) is 4.61. The minimum absolute atomic E-state index is 0.273. The molecular weight excluding hydrogens is 352 g/mol. The summed E-state index contributed by atoms with van der Waals surface area (Å²) >= 11 is 12.9. The number of amides is 1. The maximum absolute atomic E-state index is 12.4. The summed E-state index contributed by atoms with van der Waals surface area (Å²) in [7, 11) is 1.61. The molecule has 122 valence electrons. The highest BCUT2D eigenvalue weighted by molar-refractivity contribution is 7.80. The van der Waals surface area contributed by atoms with Crippen molar-refractivity contribution in [3.05, 3.63) is 28.1 Å². The van der Waals surface area contributed by atoms with Gasteiger partial charge in [-0.3, -0.25) is 10.1 Å². The molecule has 0 radical (unpaired) electrons. The molecule has 0 bridgehead atoms. The number of nitrogens with one attached hydrogen (secondary N) is 2. The Morgan fingerprint density at radius 3 is 2.83 bits per heavy atom. The van der Waals surface area contributed by atoms with E-state index in [1.165, 1.54) is 24.2 Å². The van der Waals surface area contributed by atoms with Crippen molar-refractivity contribution in [2.24, 2.45) is 0 Å². The molecule has 0 saturated heterocycles. The summed E-state index contributed by atoms with van der Waals surface area (Å²) < 4.78 is 6.11. The normalized spacial score (nSPS) is 14.9. The number of thiocarbonyl (C=S) groups is 1. The molecule has 3 rings (SSSR count). The van der Waals surface area contributed by atoms with Crippen LogP contribution in [-0.4, -0.2) is 24.2 Å². The Morgan fingerprint density at radius 2 is 2.13 bits per heavy atom. The van der Waals surface area contributed by atoms with Crippen molar-refractivity contribution in [3.63, 3.8) is 0 Å². The van der Waals surface area contributed by atoms with Crippen LogP contribution >= 0.6 is 35.2 Å². The van der Waals surface area contributed by atoms with E-state index in [-0.39, 0.29) is 5.91 Å². The number of fused-ring (bicyclic) bond motifs is 1. The van der Waals surface area contributed by atoms with E-state index in [0.29, 0.717) is 21.1 Å². The number of hydrogen-bond donors (Lipinski definition) is 2. The van der Waals surface area contributed by atoms with E-state index in [4.69, 9.17) is 28.6 Å². The third-order valence-electron chi connectivity index (χ3n) is 3.96. The molecule has 1 fully saturated rings. The Labute approximate surface area is 149 Å². The summed E-state index contributed by atoms with van der Waals surface area (Å²) in [4.78, 5) is 12.9. The second kappa shape index (κ2) is 7.03. The molecule has 1 aromatic heterocycles. The summed E-state index contributed by atoms with van der Waals surface area (Å²) in [5.41, 5.74) is 0. The van der Waals surface area contributed by atoms with E-state index < -0.39 is 0 Å². The second-order valence-corrected chi connectivity index (χ2v) is 7.35. The van der Waals surface area contributed by atoms with E-state index in [0.717, 1.165) is 28.7 Å². The van der Waals surface area contributed by atoms with Crippen LogP contribution < -0.4 is 15.4 Å². The first-order chi connectivity index (χ1) is 11.1. The average Bonchev–Trinajstić information content (AvgIpc) is 3.15. The molecule has 23 heavy (non-hydrogen) atoms. The van der Waals surface area contributed by atoms with Crippen LogP contribution in [0.25, 0.3) is 10.1 Å². The molecule has 1 amide bonds. The lowest BCUT2D eigenvalue weighted by Gasteiger charge is -2.14. The average molecular weight is 369 g/mol. The van der Waals surface area contributed by atoms with Gasteiger partial charge in [0.05, 0.1) is 12.1 Å². The number of halogens is 1. The Hall–Kier alpha value is -1.37. The fourth-order valence-corrected chi connectivity index (χ4v) is 4.47. The van der Waals surface area contributed by atoms with Gasteiger partial charge in [-0.1, -0.05) is 24.4 Å². The Morgan fingerprint density at radius 1 is 1.39 bits per heavy atom. The molecule has 7 heteroatoms. The highest BCUT2D eigenvalue weighted by Gasteiger charge is 2.20. The highest BCUT2D eigenvalue weighted by Crippen LogP contribution is 2.37. The first kappa shape index (κ1) is 16.5. The van der Waals surface area contributed by atoms with Crippen molar-refractivity contribution in [1.29, 1.82) is 0 Å². The zero-order valence-corrected chi connectivity index (χ0v) is 15.0.